The maximum atomic E-state index is 13.7. The molecule has 0 unspecified atom stereocenters. The molecule has 0 aliphatic heterocycles. The number of rotatable bonds is 9. The summed E-state index contributed by atoms with van der Waals surface area (Å²) in [6.45, 7) is 1.80. The molecule has 3 N–H and O–H groups in total. The number of carbonyl (C=O) groups is 2. The average Bonchev–Trinajstić information content (AvgIpc) is 3.54. The third-order valence-electron chi connectivity index (χ3n) is 7.48. The number of sulfone groups is 1. The number of aromatic amines is 1. The number of urea groups is 1. The van der Waals surface area contributed by atoms with E-state index in [4.69, 9.17) is 0 Å². The predicted octanol–water partition coefficient (Wildman–Crippen LogP) is 5.53. The minimum atomic E-state index is -3.43. The molecule has 0 radical (unpaired) electrons. The van der Waals surface area contributed by atoms with Gasteiger partial charge in [-0.2, -0.15) is 5.21 Å². The van der Waals surface area contributed by atoms with Crippen LogP contribution in [0.4, 0.5) is 22.1 Å². The van der Waals surface area contributed by atoms with Crippen LogP contribution >= 0.6 is 0 Å². The number of hydrogen-bond donors (Lipinski definition) is 3. The lowest BCUT2D eigenvalue weighted by molar-refractivity contribution is 0.102. The summed E-state index contributed by atoms with van der Waals surface area (Å²) in [7, 11) is -3.43. The first-order chi connectivity index (χ1) is 20.3. The topological polar surface area (TPSA) is 150 Å². The molecule has 5 rings (SSSR count). The zero-order valence-corrected chi connectivity index (χ0v) is 24.1. The second-order valence-corrected chi connectivity index (χ2v) is 12.5. The Hall–Kier alpha value is -4.58. The molecule has 11 nitrogen and oxygen atoms in total. The Bertz CT molecular complexity index is 1620. The molecule has 0 spiro atoms. The van der Waals surface area contributed by atoms with E-state index in [0.29, 0.717) is 22.9 Å². The molecule has 42 heavy (non-hydrogen) atoms. The van der Waals surface area contributed by atoms with E-state index in [1.54, 1.807) is 48.2 Å². The number of aromatic nitrogens is 4. The van der Waals surface area contributed by atoms with Crippen LogP contribution in [0.5, 0.6) is 0 Å². The highest BCUT2D eigenvalue weighted by atomic mass is 32.2. The fraction of sp³-hybridized carbons (Fsp3) is 0.300. The molecule has 0 atom stereocenters. The van der Waals surface area contributed by atoms with Crippen LogP contribution in [0, 0.1) is 0 Å². The van der Waals surface area contributed by atoms with Gasteiger partial charge in [-0.05, 0) is 77.6 Å². The molecule has 3 aromatic carbocycles. The van der Waals surface area contributed by atoms with Crippen LogP contribution in [0.15, 0.2) is 77.7 Å². The summed E-state index contributed by atoms with van der Waals surface area (Å²) >= 11 is 0. The summed E-state index contributed by atoms with van der Waals surface area (Å²) in [6.07, 6.45) is 6.09. The maximum absolute atomic E-state index is 13.7. The summed E-state index contributed by atoms with van der Waals surface area (Å²) in [5.74, 6) is 0.175. The number of carbonyl (C=O) groups excluding carboxylic acids is 2. The van der Waals surface area contributed by atoms with Gasteiger partial charge in [0.25, 0.3) is 11.9 Å². The van der Waals surface area contributed by atoms with Gasteiger partial charge in [-0.3, -0.25) is 15.0 Å². The van der Waals surface area contributed by atoms with Crippen LogP contribution in [-0.4, -0.2) is 46.7 Å². The van der Waals surface area contributed by atoms with Gasteiger partial charge in [-0.1, -0.05) is 61.6 Å². The highest BCUT2D eigenvalue weighted by molar-refractivity contribution is 7.91. The largest absolute Gasteiger partial charge is 0.326 e. The maximum Gasteiger partial charge on any atom is 0.326 e. The lowest BCUT2D eigenvalue weighted by Crippen LogP contribution is -2.34. The normalized spacial score (nSPS) is 13.8. The third-order valence-corrected chi connectivity index (χ3v) is 9.21. The summed E-state index contributed by atoms with van der Waals surface area (Å²) in [5, 5.41) is 18.6. The number of H-pyrrole nitrogens is 1. The van der Waals surface area contributed by atoms with E-state index in [1.165, 1.54) is 49.8 Å². The number of benzene rings is 3. The van der Waals surface area contributed by atoms with Gasteiger partial charge < -0.3 is 5.32 Å². The smallest absolute Gasteiger partial charge is 0.307 e. The number of anilines is 3. The van der Waals surface area contributed by atoms with Crippen molar-refractivity contribution >= 4 is 39.1 Å². The Morgan fingerprint density at radius 3 is 2.36 bits per heavy atom. The van der Waals surface area contributed by atoms with E-state index in [0.717, 1.165) is 5.56 Å². The molecule has 218 valence electrons. The first kappa shape index (κ1) is 28.9. The first-order valence-corrected chi connectivity index (χ1v) is 15.6. The Morgan fingerprint density at radius 1 is 0.952 bits per heavy atom. The molecule has 1 aliphatic rings. The highest BCUT2D eigenvalue weighted by Crippen LogP contribution is 2.33. The highest BCUT2D eigenvalue weighted by Gasteiger charge is 2.21. The summed E-state index contributed by atoms with van der Waals surface area (Å²) in [6, 6.07) is 20.8. The lowest BCUT2D eigenvalue weighted by atomic mass is 9.84. The van der Waals surface area contributed by atoms with E-state index >= 15 is 0 Å². The number of tetrazole rings is 1. The molecular weight excluding hydrogens is 554 g/mol. The van der Waals surface area contributed by atoms with Gasteiger partial charge >= 0.3 is 6.03 Å². The molecule has 0 saturated heterocycles. The number of nitrogens with zero attached hydrogens (tertiary/aromatic N) is 4. The summed E-state index contributed by atoms with van der Waals surface area (Å²) in [4.78, 5) is 27.9. The molecule has 1 aliphatic carbocycles. The Morgan fingerprint density at radius 2 is 1.69 bits per heavy atom. The van der Waals surface area contributed by atoms with Crippen molar-refractivity contribution in [3.05, 3.63) is 89.5 Å². The van der Waals surface area contributed by atoms with Crippen molar-refractivity contribution in [3.63, 3.8) is 0 Å². The van der Waals surface area contributed by atoms with Crippen LogP contribution in [0.25, 0.3) is 0 Å². The van der Waals surface area contributed by atoms with Crippen molar-refractivity contribution in [1.82, 2.24) is 20.6 Å². The zero-order chi connectivity index (χ0) is 29.5. The standard InChI is InChI=1S/C30H33N7O4S/c1-2-42(40,41)27-10-6-9-25(19-27)31-30(39)37(26-17-15-23(16-18-26)22-7-4-3-5-8-22)20-21-11-13-24(14-12-21)28(38)32-29-33-35-36-34-29/h6,9-19,22H,2-5,7-8,20H2,1H3,(H,31,39)(H2,32,33,34,35,36,38). The van der Waals surface area contributed by atoms with Crippen molar-refractivity contribution in [3.8, 4) is 0 Å². The van der Waals surface area contributed by atoms with E-state index in [2.05, 4.69) is 43.4 Å². The van der Waals surface area contributed by atoms with Gasteiger partial charge in [0.2, 0.25) is 0 Å². The molecule has 3 amide bonds. The van der Waals surface area contributed by atoms with Gasteiger partial charge in [0.05, 0.1) is 17.2 Å². The molecular formula is C30H33N7O4S. The molecule has 1 fully saturated rings. The number of nitrogens with one attached hydrogen (secondary N) is 3. The first-order valence-electron chi connectivity index (χ1n) is 14.0. The van der Waals surface area contributed by atoms with Crippen LogP contribution in [0.3, 0.4) is 0 Å². The molecule has 0 bridgehead atoms. The van der Waals surface area contributed by atoms with Gasteiger partial charge in [0, 0.05) is 16.9 Å². The summed E-state index contributed by atoms with van der Waals surface area (Å²) in [5.41, 5.74) is 3.54. The molecule has 4 aromatic rings. The zero-order valence-electron chi connectivity index (χ0n) is 23.3. The molecule has 1 aromatic heterocycles. The Kier molecular flexibility index (Phi) is 8.91. The predicted molar refractivity (Wildman–Crippen MR) is 160 cm³/mol. The van der Waals surface area contributed by atoms with Crippen LogP contribution < -0.4 is 15.5 Å². The fourth-order valence-corrected chi connectivity index (χ4v) is 6.03. The van der Waals surface area contributed by atoms with Crippen LogP contribution in [0.2, 0.25) is 0 Å². The van der Waals surface area contributed by atoms with E-state index in [1.807, 2.05) is 12.1 Å². The molecule has 1 heterocycles. The van der Waals surface area contributed by atoms with E-state index in [9.17, 15) is 18.0 Å². The van der Waals surface area contributed by atoms with Crippen molar-refractivity contribution in [2.45, 2.75) is 56.4 Å². The van der Waals surface area contributed by atoms with Crippen molar-refractivity contribution in [1.29, 1.82) is 0 Å². The van der Waals surface area contributed by atoms with Gasteiger partial charge in [-0.25, -0.2) is 13.2 Å². The minimum Gasteiger partial charge on any atom is -0.307 e. The molecule has 1 saturated carbocycles. The number of amides is 3. The fourth-order valence-electron chi connectivity index (χ4n) is 5.10. The average molecular weight is 588 g/mol. The SMILES string of the molecule is CCS(=O)(=O)c1cccc(NC(=O)N(Cc2ccc(C(=O)Nc3nn[nH]n3)cc2)c2ccc(C3CCCCC3)cc2)c1. The lowest BCUT2D eigenvalue weighted by Gasteiger charge is -2.26. The Balaban J connectivity index is 1.37. The summed E-state index contributed by atoms with van der Waals surface area (Å²) < 4.78 is 24.8. The quantitative estimate of drug-likeness (QED) is 0.233. The van der Waals surface area contributed by atoms with E-state index in [-0.39, 0.29) is 23.1 Å². The Labute approximate surface area is 244 Å². The second-order valence-electron chi connectivity index (χ2n) is 10.3. The van der Waals surface area contributed by atoms with Crippen LogP contribution in [-0.2, 0) is 16.4 Å². The van der Waals surface area contributed by atoms with Crippen LogP contribution in [0.1, 0.15) is 66.4 Å². The third kappa shape index (κ3) is 7.00. The van der Waals surface area contributed by atoms with Crippen molar-refractivity contribution in [2.24, 2.45) is 0 Å². The number of hydrogen-bond acceptors (Lipinski definition) is 7. The minimum absolute atomic E-state index is 0.0347. The van der Waals surface area contributed by atoms with E-state index < -0.39 is 21.8 Å². The van der Waals surface area contributed by atoms with Gasteiger partial charge in [0.1, 0.15) is 0 Å². The van der Waals surface area contributed by atoms with Gasteiger partial charge in [-0.15, -0.1) is 5.10 Å². The monoisotopic (exact) mass is 587 g/mol. The van der Waals surface area contributed by atoms with Crippen molar-refractivity contribution in [2.75, 3.05) is 21.3 Å². The van der Waals surface area contributed by atoms with Gasteiger partial charge in [0.15, 0.2) is 9.84 Å². The van der Waals surface area contributed by atoms with Crippen molar-refractivity contribution < 1.29 is 18.0 Å². The molecule has 12 heteroatoms. The second kappa shape index (κ2) is 12.9.